The summed E-state index contributed by atoms with van der Waals surface area (Å²) in [7, 11) is 4.69. The lowest BCUT2D eigenvalue weighted by atomic mass is 10.1. The molecular weight excluding hydrogens is 332 g/mol. The Kier molecular flexibility index (Phi) is 5.17. The first-order valence-corrected chi connectivity index (χ1v) is 8.00. The van der Waals surface area contributed by atoms with E-state index in [1.165, 1.54) is 6.07 Å². The molecule has 0 saturated heterocycles. The highest BCUT2D eigenvalue weighted by molar-refractivity contribution is 5.66. The molecule has 0 bridgehead atoms. The third-order valence-corrected chi connectivity index (χ3v) is 3.91. The van der Waals surface area contributed by atoms with E-state index in [9.17, 15) is 5.11 Å². The Morgan fingerprint density at radius 1 is 0.654 bits per heavy atom. The molecule has 0 saturated carbocycles. The van der Waals surface area contributed by atoms with Crippen LogP contribution in [0.4, 0.5) is 0 Å². The van der Waals surface area contributed by atoms with Crippen LogP contribution in [0.2, 0.25) is 0 Å². The van der Waals surface area contributed by atoms with E-state index in [-0.39, 0.29) is 5.75 Å². The first-order chi connectivity index (χ1) is 12.6. The van der Waals surface area contributed by atoms with E-state index in [2.05, 4.69) is 0 Å². The van der Waals surface area contributed by atoms with Crippen molar-refractivity contribution >= 4 is 0 Å². The van der Waals surface area contributed by atoms with Crippen LogP contribution in [0.5, 0.6) is 34.5 Å². The predicted molar refractivity (Wildman–Crippen MR) is 98.2 cm³/mol. The van der Waals surface area contributed by atoms with Crippen molar-refractivity contribution in [2.75, 3.05) is 21.3 Å². The largest absolute Gasteiger partial charge is 0.496 e. The van der Waals surface area contributed by atoms with Gasteiger partial charge in [0.15, 0.2) is 17.2 Å². The monoisotopic (exact) mass is 351 g/mol. The zero-order valence-electron chi connectivity index (χ0n) is 14.8. The molecular formula is C21H19O5. The van der Waals surface area contributed by atoms with E-state index in [1.807, 2.05) is 30.3 Å². The minimum Gasteiger partial charge on any atom is -0.496 e. The maximum Gasteiger partial charge on any atom is 0.211 e. The lowest BCUT2D eigenvalue weighted by Gasteiger charge is -2.15. The van der Waals surface area contributed by atoms with Crippen LogP contribution in [0.25, 0.3) is 11.1 Å². The molecule has 0 aliphatic carbocycles. The highest BCUT2D eigenvalue weighted by atomic mass is 16.5. The zero-order valence-corrected chi connectivity index (χ0v) is 14.8. The van der Waals surface area contributed by atoms with Gasteiger partial charge in [-0.3, -0.25) is 5.11 Å². The number of rotatable bonds is 6. The van der Waals surface area contributed by atoms with Crippen LogP contribution < -0.4 is 18.9 Å². The van der Waals surface area contributed by atoms with Crippen LogP contribution >= 0.6 is 0 Å². The second-order valence-electron chi connectivity index (χ2n) is 5.52. The van der Waals surface area contributed by atoms with Gasteiger partial charge in [-0.1, -0.05) is 24.3 Å². The van der Waals surface area contributed by atoms with E-state index in [0.717, 1.165) is 11.1 Å². The van der Waals surface area contributed by atoms with Crippen molar-refractivity contribution in [2.24, 2.45) is 0 Å². The molecule has 5 heteroatoms. The fraction of sp³-hybridized carbons (Fsp3) is 0.143. The molecule has 0 fully saturated rings. The molecule has 0 spiro atoms. The summed E-state index contributed by atoms with van der Waals surface area (Å²) in [4.78, 5) is 0. The highest BCUT2D eigenvalue weighted by Crippen LogP contribution is 2.43. The number of benzene rings is 3. The van der Waals surface area contributed by atoms with Gasteiger partial charge in [-0.05, 0) is 35.4 Å². The molecule has 3 aromatic rings. The summed E-state index contributed by atoms with van der Waals surface area (Å²) < 4.78 is 22.0. The summed E-state index contributed by atoms with van der Waals surface area (Å²) in [5.74, 6) is 2.68. The van der Waals surface area contributed by atoms with Crippen molar-refractivity contribution in [1.29, 1.82) is 0 Å². The lowest BCUT2D eigenvalue weighted by molar-refractivity contribution is 0.337. The minimum absolute atomic E-state index is 0.0180. The summed E-state index contributed by atoms with van der Waals surface area (Å²) in [6.45, 7) is 0. The van der Waals surface area contributed by atoms with Gasteiger partial charge in [-0.15, -0.1) is 0 Å². The molecule has 5 nitrogen and oxygen atoms in total. The highest BCUT2D eigenvalue weighted by Gasteiger charge is 2.15. The average Bonchev–Trinajstić information content (AvgIpc) is 2.68. The molecule has 133 valence electrons. The quantitative estimate of drug-likeness (QED) is 0.603. The summed E-state index contributed by atoms with van der Waals surface area (Å²) in [6, 6.07) is 17.7. The molecule has 3 rings (SSSR count). The molecule has 0 amide bonds. The second kappa shape index (κ2) is 7.70. The van der Waals surface area contributed by atoms with Crippen molar-refractivity contribution in [3.8, 4) is 45.6 Å². The van der Waals surface area contributed by atoms with Gasteiger partial charge in [-0.2, -0.15) is 0 Å². The van der Waals surface area contributed by atoms with Gasteiger partial charge in [0.25, 0.3) is 0 Å². The maximum absolute atomic E-state index is 11.5. The van der Waals surface area contributed by atoms with Crippen LogP contribution in [-0.4, -0.2) is 21.3 Å². The standard InChI is InChI=1S/C21H19O5/c1-23-18-12-19(24-2)21(20(13-18)25-3)26-17-9-7-14(8-10-17)15-5-4-6-16(22)11-15/h4-13H,1-3H3. The van der Waals surface area contributed by atoms with Crippen LogP contribution in [0.3, 0.4) is 0 Å². The van der Waals surface area contributed by atoms with Crippen LogP contribution in [0.15, 0.2) is 60.7 Å². The number of methoxy groups -OCH3 is 3. The smallest absolute Gasteiger partial charge is 0.211 e. The second-order valence-corrected chi connectivity index (χ2v) is 5.52. The van der Waals surface area contributed by atoms with E-state index < -0.39 is 0 Å². The molecule has 3 aromatic carbocycles. The number of hydrogen-bond donors (Lipinski definition) is 0. The summed E-state index contributed by atoms with van der Waals surface area (Å²) in [6.07, 6.45) is 0. The molecule has 0 atom stereocenters. The van der Waals surface area contributed by atoms with Crippen molar-refractivity contribution in [3.05, 3.63) is 60.7 Å². The average molecular weight is 351 g/mol. The van der Waals surface area contributed by atoms with Crippen molar-refractivity contribution in [1.82, 2.24) is 0 Å². The number of ether oxygens (including phenoxy) is 4. The van der Waals surface area contributed by atoms with Gasteiger partial charge in [0.05, 0.1) is 21.3 Å². The van der Waals surface area contributed by atoms with Gasteiger partial charge < -0.3 is 18.9 Å². The van der Waals surface area contributed by atoms with Crippen LogP contribution in [0, 0.1) is 0 Å². The van der Waals surface area contributed by atoms with Gasteiger partial charge in [0.2, 0.25) is 5.75 Å². The Balaban J connectivity index is 1.90. The van der Waals surface area contributed by atoms with E-state index >= 15 is 0 Å². The molecule has 0 aliphatic heterocycles. The molecule has 0 N–H and O–H groups in total. The maximum atomic E-state index is 11.5. The topological polar surface area (TPSA) is 56.8 Å². The van der Waals surface area contributed by atoms with Crippen molar-refractivity contribution < 1.29 is 24.1 Å². The first kappa shape index (κ1) is 17.5. The lowest BCUT2D eigenvalue weighted by Crippen LogP contribution is -1.96. The molecule has 26 heavy (non-hydrogen) atoms. The van der Waals surface area contributed by atoms with Gasteiger partial charge in [0.1, 0.15) is 11.5 Å². The summed E-state index contributed by atoms with van der Waals surface area (Å²) >= 11 is 0. The van der Waals surface area contributed by atoms with Crippen LogP contribution in [0.1, 0.15) is 0 Å². The Labute approximate surface area is 152 Å². The fourth-order valence-corrected chi connectivity index (χ4v) is 2.58. The summed E-state index contributed by atoms with van der Waals surface area (Å²) in [5.41, 5.74) is 1.80. The third kappa shape index (κ3) is 3.67. The van der Waals surface area contributed by atoms with Gasteiger partial charge in [0, 0.05) is 12.1 Å². The zero-order chi connectivity index (χ0) is 18.5. The number of hydrogen-bond acceptors (Lipinski definition) is 4. The van der Waals surface area contributed by atoms with Crippen molar-refractivity contribution in [2.45, 2.75) is 0 Å². The molecule has 0 heterocycles. The molecule has 0 aliphatic rings. The normalized spacial score (nSPS) is 10.3. The van der Waals surface area contributed by atoms with Gasteiger partial charge >= 0.3 is 0 Å². The minimum atomic E-state index is -0.0180. The Bertz CT molecular complexity index is 862. The predicted octanol–water partition coefficient (Wildman–Crippen LogP) is 5.32. The fourth-order valence-electron chi connectivity index (χ4n) is 2.58. The van der Waals surface area contributed by atoms with Gasteiger partial charge in [-0.25, -0.2) is 0 Å². The molecule has 0 aromatic heterocycles. The Morgan fingerprint density at radius 2 is 1.31 bits per heavy atom. The molecule has 1 radical (unpaired) electrons. The SMILES string of the molecule is COc1cc(OC)c(Oc2ccc(-c3cccc([O])c3)cc2)c(OC)c1. The van der Waals surface area contributed by atoms with E-state index in [1.54, 1.807) is 45.6 Å². The third-order valence-electron chi connectivity index (χ3n) is 3.91. The van der Waals surface area contributed by atoms with Crippen molar-refractivity contribution in [3.63, 3.8) is 0 Å². The van der Waals surface area contributed by atoms with E-state index in [0.29, 0.717) is 28.7 Å². The Morgan fingerprint density at radius 3 is 1.85 bits per heavy atom. The Hall–Kier alpha value is -3.34. The summed E-state index contributed by atoms with van der Waals surface area (Å²) in [5, 5.41) is 11.5. The van der Waals surface area contributed by atoms with E-state index in [4.69, 9.17) is 18.9 Å². The van der Waals surface area contributed by atoms with Crippen LogP contribution in [-0.2, 0) is 5.11 Å². The molecule has 0 unspecified atom stereocenters. The first-order valence-electron chi connectivity index (χ1n) is 8.00.